The highest BCUT2D eigenvalue weighted by atomic mass is 16.5. The summed E-state index contributed by atoms with van der Waals surface area (Å²) in [6, 6.07) is 0. The van der Waals surface area contributed by atoms with Crippen molar-refractivity contribution in [2.45, 2.75) is 161 Å². The van der Waals surface area contributed by atoms with Crippen LogP contribution in [-0.4, -0.2) is 23.1 Å². The van der Waals surface area contributed by atoms with Gasteiger partial charge in [0.2, 0.25) is 0 Å². The molecule has 0 aromatic carbocycles. The highest BCUT2D eigenvalue weighted by Gasteiger charge is 2.14. The smallest absolute Gasteiger partial charge is 0.306 e. The Balaban J connectivity index is 3.83. The molecule has 1 atom stereocenters. The second-order valence-corrected chi connectivity index (χ2v) is 9.94. The first kappa shape index (κ1) is 33.4. The summed E-state index contributed by atoms with van der Waals surface area (Å²) in [4.78, 5) is 23.0. The van der Waals surface area contributed by atoms with Crippen LogP contribution in [0.5, 0.6) is 0 Å². The summed E-state index contributed by atoms with van der Waals surface area (Å²) in [6.45, 7) is 4.44. The van der Waals surface area contributed by atoms with E-state index in [9.17, 15) is 9.59 Å². The molecule has 0 fully saturated rings. The van der Waals surface area contributed by atoms with Gasteiger partial charge in [-0.25, -0.2) is 0 Å². The molecule has 0 aromatic rings. The van der Waals surface area contributed by atoms with E-state index in [2.05, 4.69) is 38.2 Å². The highest BCUT2D eigenvalue weighted by molar-refractivity contribution is 5.69. The largest absolute Gasteiger partial charge is 0.481 e. The first-order valence-electron chi connectivity index (χ1n) is 14.8. The standard InChI is InChI=1S/C31H56O4/c1-3-5-7-9-10-11-12-13-14-15-16-17-18-19-24-28-31(34)35-29(25-21-8-6-4-2)26-22-20-23-27-30(32)33/h10-11,13-14,29H,3-9,12,15-28H2,1-2H3,(H,32,33)/b11-10-,14-13-. The highest BCUT2D eigenvalue weighted by Crippen LogP contribution is 2.17. The third-order valence-electron chi connectivity index (χ3n) is 6.43. The summed E-state index contributed by atoms with van der Waals surface area (Å²) in [6.07, 6.45) is 31.9. The number of ether oxygens (including phenoxy) is 1. The van der Waals surface area contributed by atoms with Gasteiger partial charge in [0.1, 0.15) is 6.10 Å². The van der Waals surface area contributed by atoms with Crippen LogP contribution in [0, 0.1) is 0 Å². The van der Waals surface area contributed by atoms with Gasteiger partial charge in [0.25, 0.3) is 0 Å². The van der Waals surface area contributed by atoms with Crippen molar-refractivity contribution in [3.8, 4) is 0 Å². The van der Waals surface area contributed by atoms with Gasteiger partial charge in [0.05, 0.1) is 0 Å². The predicted octanol–water partition coefficient (Wildman–Crippen LogP) is 9.72. The maximum absolute atomic E-state index is 12.3. The Morgan fingerprint density at radius 2 is 1.11 bits per heavy atom. The Morgan fingerprint density at radius 1 is 0.629 bits per heavy atom. The average molecular weight is 493 g/mol. The normalized spacial score (nSPS) is 12.5. The van der Waals surface area contributed by atoms with Crippen molar-refractivity contribution in [3.05, 3.63) is 24.3 Å². The minimum Gasteiger partial charge on any atom is -0.481 e. The quantitative estimate of drug-likeness (QED) is 0.0741. The fourth-order valence-electron chi connectivity index (χ4n) is 4.21. The maximum Gasteiger partial charge on any atom is 0.306 e. The molecule has 0 heterocycles. The predicted molar refractivity (Wildman–Crippen MR) is 149 cm³/mol. The number of unbranched alkanes of at least 4 members (excludes halogenated alkanes) is 13. The SMILES string of the molecule is CCCCC/C=C\C/C=C\CCCCCCCC(=O)OC(CCCCCC)CCCCCC(=O)O. The number of carbonyl (C=O) groups excluding carboxylic acids is 1. The van der Waals surface area contributed by atoms with Gasteiger partial charge in [-0.15, -0.1) is 0 Å². The molecule has 1 unspecified atom stereocenters. The molecule has 0 aliphatic rings. The molecule has 0 radical (unpaired) electrons. The van der Waals surface area contributed by atoms with Crippen LogP contribution in [0.3, 0.4) is 0 Å². The van der Waals surface area contributed by atoms with Crippen LogP contribution in [-0.2, 0) is 14.3 Å². The molecule has 0 aromatic heterocycles. The molecule has 0 saturated carbocycles. The van der Waals surface area contributed by atoms with E-state index in [0.29, 0.717) is 12.8 Å². The van der Waals surface area contributed by atoms with Gasteiger partial charge in [-0.2, -0.15) is 0 Å². The molecule has 0 aliphatic heterocycles. The molecule has 0 rings (SSSR count). The zero-order valence-electron chi connectivity index (χ0n) is 23.1. The van der Waals surface area contributed by atoms with Gasteiger partial charge in [-0.05, 0) is 70.6 Å². The Kier molecular flexibility index (Phi) is 25.8. The minimum absolute atomic E-state index is 0.00200. The van der Waals surface area contributed by atoms with E-state index in [-0.39, 0.29) is 18.5 Å². The molecular weight excluding hydrogens is 436 g/mol. The lowest BCUT2D eigenvalue weighted by Gasteiger charge is -2.18. The lowest BCUT2D eigenvalue weighted by atomic mass is 10.0. The van der Waals surface area contributed by atoms with Crippen LogP contribution in [0.25, 0.3) is 0 Å². The molecule has 0 spiro atoms. The maximum atomic E-state index is 12.3. The third-order valence-corrected chi connectivity index (χ3v) is 6.43. The molecule has 0 saturated heterocycles. The molecule has 0 aliphatic carbocycles. The Bertz CT molecular complexity index is 538. The van der Waals surface area contributed by atoms with E-state index in [0.717, 1.165) is 57.8 Å². The van der Waals surface area contributed by atoms with Crippen molar-refractivity contribution in [2.24, 2.45) is 0 Å². The molecule has 4 nitrogen and oxygen atoms in total. The van der Waals surface area contributed by atoms with E-state index in [4.69, 9.17) is 9.84 Å². The first-order chi connectivity index (χ1) is 17.1. The monoisotopic (exact) mass is 492 g/mol. The van der Waals surface area contributed by atoms with Gasteiger partial charge in [-0.1, -0.05) is 95.9 Å². The van der Waals surface area contributed by atoms with Crippen molar-refractivity contribution < 1.29 is 19.4 Å². The van der Waals surface area contributed by atoms with Crippen LogP contribution < -0.4 is 0 Å². The van der Waals surface area contributed by atoms with Crippen molar-refractivity contribution in [2.75, 3.05) is 0 Å². The van der Waals surface area contributed by atoms with Crippen molar-refractivity contribution >= 4 is 11.9 Å². The number of hydrogen-bond donors (Lipinski definition) is 1. The van der Waals surface area contributed by atoms with E-state index >= 15 is 0 Å². The van der Waals surface area contributed by atoms with Crippen LogP contribution >= 0.6 is 0 Å². The molecule has 1 N–H and O–H groups in total. The summed E-state index contributed by atoms with van der Waals surface area (Å²) in [7, 11) is 0. The number of carbonyl (C=O) groups is 2. The van der Waals surface area contributed by atoms with Crippen LogP contribution in [0.2, 0.25) is 0 Å². The number of rotatable bonds is 26. The number of hydrogen-bond acceptors (Lipinski definition) is 3. The second kappa shape index (κ2) is 27.0. The van der Waals surface area contributed by atoms with Gasteiger partial charge >= 0.3 is 11.9 Å². The molecule has 0 bridgehead atoms. The summed E-state index contributed by atoms with van der Waals surface area (Å²) < 4.78 is 5.81. The lowest BCUT2D eigenvalue weighted by Crippen LogP contribution is -2.18. The molecule has 204 valence electrons. The fourth-order valence-corrected chi connectivity index (χ4v) is 4.21. The Labute approximate surface area is 217 Å². The summed E-state index contributed by atoms with van der Waals surface area (Å²) >= 11 is 0. The van der Waals surface area contributed by atoms with Gasteiger partial charge in [0.15, 0.2) is 0 Å². The van der Waals surface area contributed by atoms with Crippen molar-refractivity contribution in [1.29, 1.82) is 0 Å². The van der Waals surface area contributed by atoms with Crippen LogP contribution in [0.4, 0.5) is 0 Å². The molecule has 35 heavy (non-hydrogen) atoms. The van der Waals surface area contributed by atoms with Gasteiger partial charge in [0, 0.05) is 12.8 Å². The van der Waals surface area contributed by atoms with Gasteiger partial charge in [-0.3, -0.25) is 9.59 Å². The number of aliphatic carboxylic acids is 1. The van der Waals surface area contributed by atoms with E-state index in [1.54, 1.807) is 0 Å². The van der Waals surface area contributed by atoms with E-state index < -0.39 is 5.97 Å². The van der Waals surface area contributed by atoms with Crippen molar-refractivity contribution in [3.63, 3.8) is 0 Å². The second-order valence-electron chi connectivity index (χ2n) is 9.94. The first-order valence-corrected chi connectivity index (χ1v) is 14.8. The molecule has 4 heteroatoms. The Morgan fingerprint density at radius 3 is 1.74 bits per heavy atom. The number of carboxylic acid groups (broad SMARTS) is 1. The average Bonchev–Trinajstić information content (AvgIpc) is 2.83. The zero-order chi connectivity index (χ0) is 25.8. The van der Waals surface area contributed by atoms with Gasteiger partial charge < -0.3 is 9.84 Å². The van der Waals surface area contributed by atoms with Crippen molar-refractivity contribution in [1.82, 2.24) is 0 Å². The minimum atomic E-state index is -0.732. The number of allylic oxidation sites excluding steroid dienone is 4. The van der Waals surface area contributed by atoms with E-state index in [1.807, 2.05) is 0 Å². The molecular formula is C31H56O4. The fraction of sp³-hybridized carbons (Fsp3) is 0.806. The zero-order valence-corrected chi connectivity index (χ0v) is 23.1. The number of carboxylic acids is 1. The topological polar surface area (TPSA) is 63.6 Å². The summed E-state index contributed by atoms with van der Waals surface area (Å²) in [5, 5.41) is 8.76. The van der Waals surface area contributed by atoms with Crippen LogP contribution in [0.15, 0.2) is 24.3 Å². The third kappa shape index (κ3) is 26.9. The van der Waals surface area contributed by atoms with Crippen LogP contribution in [0.1, 0.15) is 155 Å². The summed E-state index contributed by atoms with van der Waals surface area (Å²) in [5.74, 6) is -0.786. The number of esters is 1. The Hall–Kier alpha value is -1.58. The summed E-state index contributed by atoms with van der Waals surface area (Å²) in [5.41, 5.74) is 0. The lowest BCUT2D eigenvalue weighted by molar-refractivity contribution is -0.150. The molecule has 0 amide bonds. The van der Waals surface area contributed by atoms with E-state index in [1.165, 1.54) is 64.2 Å².